The molecule has 1 N–H and O–H groups in total. The van der Waals surface area contributed by atoms with Crippen LogP contribution in [0, 0.1) is 5.21 Å². The molecule has 0 spiro atoms. The van der Waals surface area contributed by atoms with Gasteiger partial charge in [0.25, 0.3) is 0 Å². The molecule has 0 aliphatic carbocycles. The Labute approximate surface area is 102 Å². The van der Waals surface area contributed by atoms with Gasteiger partial charge in [-0.05, 0) is 20.3 Å². The lowest BCUT2D eigenvalue weighted by Crippen LogP contribution is -2.34. The molecular formula is C14H30NO-. The molecule has 0 heterocycles. The van der Waals surface area contributed by atoms with Crippen LogP contribution in [0.15, 0.2) is 0 Å². The van der Waals surface area contributed by atoms with E-state index >= 15 is 0 Å². The number of hydroxylamine groups is 1. The number of hydrogen-bond donors (Lipinski definition) is 1. The van der Waals surface area contributed by atoms with E-state index in [0.29, 0.717) is 0 Å². The van der Waals surface area contributed by atoms with E-state index in [1.165, 1.54) is 57.8 Å². The van der Waals surface area contributed by atoms with Gasteiger partial charge in [0, 0.05) is 5.54 Å². The molecule has 0 aliphatic rings. The minimum Gasteiger partial charge on any atom is -0.787 e. The Morgan fingerprint density at radius 3 is 1.69 bits per heavy atom. The molecule has 2 heteroatoms. The predicted molar refractivity (Wildman–Crippen MR) is 72.4 cm³/mol. The van der Waals surface area contributed by atoms with Gasteiger partial charge in [0.2, 0.25) is 0 Å². The molecule has 0 aliphatic heterocycles. The fourth-order valence-electron chi connectivity index (χ4n) is 1.93. The maximum Gasteiger partial charge on any atom is 0.000819 e. The number of hydrogen-bond acceptors (Lipinski definition) is 2. The van der Waals surface area contributed by atoms with Crippen molar-refractivity contribution >= 4 is 0 Å². The summed E-state index contributed by atoms with van der Waals surface area (Å²) in [6, 6.07) is 0. The fraction of sp³-hybridized carbons (Fsp3) is 1.00. The van der Waals surface area contributed by atoms with Crippen molar-refractivity contribution in [1.29, 1.82) is 0 Å². The molecule has 0 unspecified atom stereocenters. The molecule has 0 bridgehead atoms. The average molecular weight is 228 g/mol. The summed E-state index contributed by atoms with van der Waals surface area (Å²) >= 11 is 0. The van der Waals surface area contributed by atoms with Crippen LogP contribution in [0.2, 0.25) is 0 Å². The monoisotopic (exact) mass is 228 g/mol. The van der Waals surface area contributed by atoms with E-state index in [1.807, 2.05) is 13.8 Å². The minimum absolute atomic E-state index is 0.221. The molecule has 0 aromatic heterocycles. The molecule has 16 heavy (non-hydrogen) atoms. The first-order chi connectivity index (χ1) is 7.62. The number of rotatable bonds is 11. The van der Waals surface area contributed by atoms with E-state index in [1.54, 1.807) is 0 Å². The van der Waals surface area contributed by atoms with Crippen LogP contribution in [0.1, 0.15) is 85.0 Å². The number of nitrogens with one attached hydrogen (secondary N) is 1. The van der Waals surface area contributed by atoms with Gasteiger partial charge < -0.3 is 10.7 Å². The summed E-state index contributed by atoms with van der Waals surface area (Å²) in [4.78, 5) is 0. The molecule has 0 radical (unpaired) electrons. The second-order valence-corrected chi connectivity index (χ2v) is 5.56. The summed E-state index contributed by atoms with van der Waals surface area (Å²) < 4.78 is 0. The van der Waals surface area contributed by atoms with Crippen LogP contribution in [0.4, 0.5) is 0 Å². The van der Waals surface area contributed by atoms with Gasteiger partial charge in [0.1, 0.15) is 0 Å². The van der Waals surface area contributed by atoms with E-state index in [2.05, 4.69) is 12.4 Å². The lowest BCUT2D eigenvalue weighted by Gasteiger charge is -2.30. The van der Waals surface area contributed by atoms with Crippen LogP contribution >= 0.6 is 0 Å². The highest BCUT2D eigenvalue weighted by Crippen LogP contribution is 2.15. The summed E-state index contributed by atoms with van der Waals surface area (Å²) in [5.74, 6) is 0. The van der Waals surface area contributed by atoms with Gasteiger partial charge in [-0.3, -0.25) is 0 Å². The molecular weight excluding hydrogens is 198 g/mol. The van der Waals surface area contributed by atoms with Gasteiger partial charge in [-0.2, -0.15) is 0 Å². The first-order valence-electron chi connectivity index (χ1n) is 7.01. The lowest BCUT2D eigenvalue weighted by atomic mass is 9.97. The maximum atomic E-state index is 10.6. The second-order valence-electron chi connectivity index (χ2n) is 5.56. The van der Waals surface area contributed by atoms with E-state index in [9.17, 15) is 5.21 Å². The zero-order chi connectivity index (χ0) is 12.3. The largest absolute Gasteiger partial charge is 0.787 e. The molecule has 0 aromatic rings. The van der Waals surface area contributed by atoms with Crippen molar-refractivity contribution in [3.05, 3.63) is 5.21 Å². The van der Waals surface area contributed by atoms with Crippen LogP contribution < -0.4 is 5.48 Å². The van der Waals surface area contributed by atoms with Crippen molar-refractivity contribution in [3.63, 3.8) is 0 Å². The molecule has 0 amide bonds. The van der Waals surface area contributed by atoms with Gasteiger partial charge in [-0.15, -0.1) is 0 Å². The Balaban J connectivity index is 3.10. The lowest BCUT2D eigenvalue weighted by molar-refractivity contribution is 0.387. The zero-order valence-corrected chi connectivity index (χ0v) is 11.5. The molecule has 0 saturated heterocycles. The van der Waals surface area contributed by atoms with Crippen molar-refractivity contribution < 1.29 is 0 Å². The highest BCUT2D eigenvalue weighted by atomic mass is 16.5. The first kappa shape index (κ1) is 15.9. The highest BCUT2D eigenvalue weighted by Gasteiger charge is 2.10. The molecule has 0 saturated carbocycles. The second kappa shape index (κ2) is 10.1. The average Bonchev–Trinajstić information content (AvgIpc) is 2.27. The third-order valence-corrected chi connectivity index (χ3v) is 3.18. The van der Waals surface area contributed by atoms with Crippen LogP contribution in [0.3, 0.4) is 0 Å². The molecule has 98 valence electrons. The normalized spacial score (nSPS) is 12.0. The molecule has 0 rings (SSSR count). The topological polar surface area (TPSA) is 35.1 Å². The smallest absolute Gasteiger partial charge is 0.000819 e. The summed E-state index contributed by atoms with van der Waals surface area (Å²) in [5, 5.41) is 10.6. The molecule has 0 atom stereocenters. The van der Waals surface area contributed by atoms with Gasteiger partial charge in [0.05, 0.1) is 0 Å². The van der Waals surface area contributed by atoms with Gasteiger partial charge in [-0.25, -0.2) is 0 Å². The summed E-state index contributed by atoms with van der Waals surface area (Å²) in [6.07, 6.45) is 13.1. The van der Waals surface area contributed by atoms with Crippen LogP contribution in [0.5, 0.6) is 0 Å². The Morgan fingerprint density at radius 2 is 1.25 bits per heavy atom. The molecule has 0 aromatic carbocycles. The van der Waals surface area contributed by atoms with Crippen molar-refractivity contribution in [2.45, 2.75) is 90.5 Å². The summed E-state index contributed by atoms with van der Waals surface area (Å²) in [5.41, 5.74) is 1.90. The van der Waals surface area contributed by atoms with E-state index < -0.39 is 0 Å². The Kier molecular flexibility index (Phi) is 10.0. The van der Waals surface area contributed by atoms with Gasteiger partial charge in [0.15, 0.2) is 0 Å². The quantitative estimate of drug-likeness (QED) is 0.408. The Bertz CT molecular complexity index is 146. The van der Waals surface area contributed by atoms with Gasteiger partial charge >= 0.3 is 0 Å². The minimum atomic E-state index is -0.221. The molecule has 0 fully saturated rings. The maximum absolute atomic E-state index is 10.6. The van der Waals surface area contributed by atoms with Crippen LogP contribution in [-0.2, 0) is 0 Å². The third kappa shape index (κ3) is 10.4. The SMILES string of the molecule is CCCCCCCCCCCC(C)(C)N[O-]. The Morgan fingerprint density at radius 1 is 0.812 bits per heavy atom. The van der Waals surface area contributed by atoms with E-state index in [-0.39, 0.29) is 5.54 Å². The summed E-state index contributed by atoms with van der Waals surface area (Å²) in [7, 11) is 0. The first-order valence-corrected chi connectivity index (χ1v) is 7.01. The predicted octanol–water partition coefficient (Wildman–Crippen LogP) is 4.77. The Hall–Kier alpha value is -0.0800. The van der Waals surface area contributed by atoms with E-state index in [0.717, 1.165) is 6.42 Å². The standard InChI is InChI=1S/C14H30NO/c1-4-5-6-7-8-9-10-11-12-13-14(2,3)15-16/h15H,4-13H2,1-3H3/q-1. The van der Waals surface area contributed by atoms with Crippen LogP contribution in [-0.4, -0.2) is 5.54 Å². The highest BCUT2D eigenvalue weighted by molar-refractivity contribution is 4.76. The van der Waals surface area contributed by atoms with Crippen molar-refractivity contribution in [2.75, 3.05) is 0 Å². The molecule has 2 nitrogen and oxygen atoms in total. The zero-order valence-electron chi connectivity index (χ0n) is 11.5. The van der Waals surface area contributed by atoms with Gasteiger partial charge in [-0.1, -0.05) is 64.7 Å². The van der Waals surface area contributed by atoms with Crippen molar-refractivity contribution in [1.82, 2.24) is 5.48 Å². The third-order valence-electron chi connectivity index (χ3n) is 3.18. The number of unbranched alkanes of at least 4 members (excludes halogenated alkanes) is 8. The van der Waals surface area contributed by atoms with E-state index in [4.69, 9.17) is 0 Å². The fourth-order valence-corrected chi connectivity index (χ4v) is 1.93. The summed E-state index contributed by atoms with van der Waals surface area (Å²) in [6.45, 7) is 6.21. The van der Waals surface area contributed by atoms with Crippen LogP contribution in [0.25, 0.3) is 0 Å². The van der Waals surface area contributed by atoms with Crippen molar-refractivity contribution in [3.8, 4) is 0 Å². The van der Waals surface area contributed by atoms with Crippen molar-refractivity contribution in [2.24, 2.45) is 0 Å².